The van der Waals surface area contributed by atoms with Crippen molar-refractivity contribution in [1.29, 1.82) is 0 Å². The molecule has 0 aliphatic heterocycles. The van der Waals surface area contributed by atoms with Crippen molar-refractivity contribution in [2.75, 3.05) is 11.0 Å². The molecule has 0 aliphatic carbocycles. The van der Waals surface area contributed by atoms with Gasteiger partial charge < -0.3 is 5.11 Å². The van der Waals surface area contributed by atoms with Crippen molar-refractivity contribution >= 4 is 33.4 Å². The lowest BCUT2D eigenvalue weighted by atomic mass is 10.3. The summed E-state index contributed by atoms with van der Waals surface area (Å²) in [7, 11) is -3.86. The van der Waals surface area contributed by atoms with Crippen LogP contribution in [0.25, 0.3) is 0 Å². The van der Waals surface area contributed by atoms with Crippen molar-refractivity contribution in [3.63, 3.8) is 0 Å². The molecule has 0 aliphatic rings. The van der Waals surface area contributed by atoms with E-state index in [1.165, 1.54) is 17.8 Å². The molecule has 6 nitrogen and oxygen atoms in total. The number of pyridine rings is 1. The number of nitrogens with one attached hydrogen (secondary N) is 1. The molecule has 8 heteroatoms. The Balaban J connectivity index is 2.32. The molecule has 0 radical (unpaired) electrons. The Labute approximate surface area is 126 Å². The lowest BCUT2D eigenvalue weighted by Crippen LogP contribution is -2.15. The predicted octanol–water partition coefficient (Wildman–Crippen LogP) is 2.30. The fraction of sp³-hybridized carbons (Fsp3) is 0.0769. The van der Waals surface area contributed by atoms with Crippen LogP contribution in [0.4, 0.5) is 5.69 Å². The SMILES string of the molecule is CSc1ccccc1NS(=O)(=O)c1ccc(C(=O)O)cn1. The van der Waals surface area contributed by atoms with Crippen molar-refractivity contribution in [3.8, 4) is 0 Å². The first-order valence-corrected chi connectivity index (χ1v) is 8.50. The summed E-state index contributed by atoms with van der Waals surface area (Å²) in [5.41, 5.74) is 0.382. The highest BCUT2D eigenvalue weighted by atomic mass is 32.2. The van der Waals surface area contributed by atoms with Crippen LogP contribution >= 0.6 is 11.8 Å². The molecular weight excluding hydrogens is 312 g/mol. The standard InChI is InChI=1S/C13H12N2O4S2/c1-20-11-5-3-2-4-10(11)15-21(18,19)12-7-6-9(8-14-12)13(16)17/h2-8,15H,1H3,(H,16,17). The number of rotatable bonds is 5. The van der Waals surface area contributed by atoms with Crippen LogP contribution < -0.4 is 4.72 Å². The third-order valence-corrected chi connectivity index (χ3v) is 4.69. The van der Waals surface area contributed by atoms with Crippen molar-refractivity contribution in [2.24, 2.45) is 0 Å². The number of carboxylic acids is 1. The van der Waals surface area contributed by atoms with Gasteiger partial charge in [-0.05, 0) is 30.5 Å². The van der Waals surface area contributed by atoms with E-state index in [4.69, 9.17) is 5.11 Å². The van der Waals surface area contributed by atoms with Crippen molar-refractivity contribution in [1.82, 2.24) is 4.98 Å². The van der Waals surface area contributed by atoms with E-state index in [2.05, 4.69) is 9.71 Å². The number of aromatic carboxylic acids is 1. The number of hydrogen-bond donors (Lipinski definition) is 2. The van der Waals surface area contributed by atoms with E-state index in [0.717, 1.165) is 17.2 Å². The van der Waals surface area contributed by atoms with Crippen LogP contribution in [0.3, 0.4) is 0 Å². The van der Waals surface area contributed by atoms with Crippen LogP contribution in [-0.4, -0.2) is 30.7 Å². The first kappa shape index (κ1) is 15.3. The molecule has 0 amide bonds. The minimum absolute atomic E-state index is 0.0709. The van der Waals surface area contributed by atoms with E-state index < -0.39 is 16.0 Å². The molecule has 110 valence electrons. The zero-order valence-corrected chi connectivity index (χ0v) is 12.6. The minimum atomic E-state index is -3.86. The van der Waals surface area contributed by atoms with Crippen molar-refractivity contribution in [3.05, 3.63) is 48.2 Å². The summed E-state index contributed by atoms with van der Waals surface area (Å²) in [6.07, 6.45) is 2.85. The lowest BCUT2D eigenvalue weighted by molar-refractivity contribution is 0.0696. The van der Waals surface area contributed by atoms with Crippen molar-refractivity contribution < 1.29 is 18.3 Å². The Hall–Kier alpha value is -2.06. The number of anilines is 1. The fourth-order valence-electron chi connectivity index (χ4n) is 1.59. The van der Waals surface area contributed by atoms with Crippen LogP contribution in [0, 0.1) is 0 Å². The molecule has 0 saturated carbocycles. The average Bonchev–Trinajstić information content (AvgIpc) is 2.47. The van der Waals surface area contributed by atoms with Crippen LogP contribution in [0.15, 0.2) is 52.5 Å². The molecule has 0 saturated heterocycles. The van der Waals surface area contributed by atoms with Gasteiger partial charge in [-0.15, -0.1) is 11.8 Å². The predicted molar refractivity (Wildman–Crippen MR) is 80.2 cm³/mol. The molecule has 1 aromatic heterocycles. The number of thioether (sulfide) groups is 1. The molecule has 21 heavy (non-hydrogen) atoms. The van der Waals surface area contributed by atoms with Gasteiger partial charge in [0.05, 0.1) is 11.3 Å². The Morgan fingerprint density at radius 1 is 1.24 bits per heavy atom. The first-order valence-electron chi connectivity index (χ1n) is 5.79. The van der Waals surface area contributed by atoms with Gasteiger partial charge in [0.25, 0.3) is 10.0 Å². The quantitative estimate of drug-likeness (QED) is 0.819. The summed E-state index contributed by atoms with van der Waals surface area (Å²) < 4.78 is 26.9. The number of benzene rings is 1. The van der Waals surface area contributed by atoms with Gasteiger partial charge in [-0.1, -0.05) is 12.1 Å². The smallest absolute Gasteiger partial charge is 0.337 e. The topological polar surface area (TPSA) is 96.4 Å². The number of carboxylic acid groups (broad SMARTS) is 1. The summed E-state index contributed by atoms with van der Waals surface area (Å²) in [6, 6.07) is 9.33. The maximum absolute atomic E-state index is 12.2. The summed E-state index contributed by atoms with van der Waals surface area (Å²) in [6.45, 7) is 0. The number of aromatic nitrogens is 1. The zero-order valence-electron chi connectivity index (χ0n) is 11.0. The van der Waals surface area contributed by atoms with Gasteiger partial charge in [0.2, 0.25) is 0 Å². The second-order valence-corrected chi connectivity index (χ2v) is 6.47. The van der Waals surface area contributed by atoms with E-state index >= 15 is 0 Å². The fourth-order valence-corrected chi connectivity index (χ4v) is 3.22. The number of sulfonamides is 1. The number of nitrogens with zero attached hydrogens (tertiary/aromatic N) is 1. The van der Waals surface area contributed by atoms with E-state index in [9.17, 15) is 13.2 Å². The molecule has 0 spiro atoms. The normalized spacial score (nSPS) is 11.1. The second-order valence-electron chi connectivity index (χ2n) is 4.00. The maximum Gasteiger partial charge on any atom is 0.337 e. The third kappa shape index (κ3) is 3.53. The number of hydrogen-bond acceptors (Lipinski definition) is 5. The Morgan fingerprint density at radius 3 is 2.52 bits per heavy atom. The van der Waals surface area contributed by atoms with Gasteiger partial charge in [-0.2, -0.15) is 8.42 Å². The molecular formula is C13H12N2O4S2. The molecule has 2 rings (SSSR count). The van der Waals surface area contributed by atoms with Crippen LogP contribution in [0.1, 0.15) is 10.4 Å². The zero-order chi connectivity index (χ0) is 15.5. The minimum Gasteiger partial charge on any atom is -0.478 e. The molecule has 0 atom stereocenters. The van der Waals surface area contributed by atoms with Gasteiger partial charge in [-0.25, -0.2) is 9.78 Å². The maximum atomic E-state index is 12.2. The van der Waals surface area contributed by atoms with Gasteiger partial charge in [0.1, 0.15) is 0 Å². The van der Waals surface area contributed by atoms with Crippen LogP contribution in [-0.2, 0) is 10.0 Å². The molecule has 0 fully saturated rings. The van der Waals surface area contributed by atoms with Gasteiger partial charge >= 0.3 is 5.97 Å². The third-order valence-electron chi connectivity index (χ3n) is 2.61. The summed E-state index contributed by atoms with van der Waals surface area (Å²) >= 11 is 1.41. The number of carbonyl (C=O) groups is 1. The van der Waals surface area contributed by atoms with E-state index in [0.29, 0.717) is 5.69 Å². The molecule has 2 N–H and O–H groups in total. The summed E-state index contributed by atoms with van der Waals surface area (Å²) in [5.74, 6) is -1.16. The molecule has 1 heterocycles. The molecule has 1 aromatic carbocycles. The highest BCUT2D eigenvalue weighted by molar-refractivity contribution is 7.99. The van der Waals surface area contributed by atoms with E-state index in [1.807, 2.05) is 12.3 Å². The second kappa shape index (κ2) is 6.15. The van der Waals surface area contributed by atoms with Gasteiger partial charge in [0.15, 0.2) is 5.03 Å². The lowest BCUT2D eigenvalue weighted by Gasteiger charge is -2.10. The Kier molecular flexibility index (Phi) is 4.49. The average molecular weight is 324 g/mol. The van der Waals surface area contributed by atoms with Crippen LogP contribution in [0.5, 0.6) is 0 Å². The monoisotopic (exact) mass is 324 g/mol. The Bertz CT molecular complexity index is 758. The largest absolute Gasteiger partial charge is 0.478 e. The molecule has 0 bridgehead atoms. The molecule has 0 unspecified atom stereocenters. The summed E-state index contributed by atoms with van der Waals surface area (Å²) in [4.78, 5) is 15.2. The van der Waals surface area contributed by atoms with Gasteiger partial charge in [-0.3, -0.25) is 4.72 Å². The highest BCUT2D eigenvalue weighted by Crippen LogP contribution is 2.26. The first-order chi connectivity index (χ1) is 9.94. The summed E-state index contributed by atoms with van der Waals surface area (Å²) in [5, 5.41) is 8.54. The van der Waals surface area contributed by atoms with Crippen molar-refractivity contribution in [2.45, 2.75) is 9.92 Å². The van der Waals surface area contributed by atoms with E-state index in [-0.39, 0.29) is 10.6 Å². The molecule has 2 aromatic rings. The van der Waals surface area contributed by atoms with Crippen LogP contribution in [0.2, 0.25) is 0 Å². The van der Waals surface area contributed by atoms with E-state index in [1.54, 1.807) is 18.2 Å². The highest BCUT2D eigenvalue weighted by Gasteiger charge is 2.18. The number of para-hydroxylation sites is 1. The Morgan fingerprint density at radius 2 is 1.95 bits per heavy atom. The van der Waals surface area contributed by atoms with Gasteiger partial charge in [0, 0.05) is 11.1 Å².